The monoisotopic (exact) mass is 199 g/mol. The second-order valence-corrected chi connectivity index (χ2v) is 4.88. The van der Waals surface area contributed by atoms with Gasteiger partial charge in [0.15, 0.2) is 0 Å². The van der Waals surface area contributed by atoms with E-state index in [0.717, 1.165) is 45.2 Å². The van der Waals surface area contributed by atoms with Crippen molar-refractivity contribution in [3.05, 3.63) is 0 Å². The SMILES string of the molecule is OC[C@H]1CCCN1CC1(O)CCCC1. The average Bonchev–Trinajstić information content (AvgIpc) is 2.75. The first-order chi connectivity index (χ1) is 6.73. The lowest BCUT2D eigenvalue weighted by atomic mass is 10.0. The number of hydrogen-bond acceptors (Lipinski definition) is 3. The highest BCUT2D eigenvalue weighted by Gasteiger charge is 2.36. The summed E-state index contributed by atoms with van der Waals surface area (Å²) in [7, 11) is 0. The summed E-state index contributed by atoms with van der Waals surface area (Å²) >= 11 is 0. The minimum absolute atomic E-state index is 0.246. The van der Waals surface area contributed by atoms with Gasteiger partial charge in [-0.2, -0.15) is 0 Å². The van der Waals surface area contributed by atoms with Gasteiger partial charge in [-0.25, -0.2) is 0 Å². The van der Waals surface area contributed by atoms with Gasteiger partial charge in [0.25, 0.3) is 0 Å². The topological polar surface area (TPSA) is 43.7 Å². The van der Waals surface area contributed by atoms with Crippen LogP contribution in [0, 0.1) is 0 Å². The molecule has 2 aliphatic rings. The molecule has 3 heteroatoms. The van der Waals surface area contributed by atoms with Crippen molar-refractivity contribution in [1.82, 2.24) is 4.90 Å². The van der Waals surface area contributed by atoms with E-state index in [4.69, 9.17) is 0 Å². The van der Waals surface area contributed by atoms with Gasteiger partial charge in [-0.15, -0.1) is 0 Å². The van der Waals surface area contributed by atoms with Crippen molar-refractivity contribution < 1.29 is 10.2 Å². The first-order valence-electron chi connectivity index (χ1n) is 5.81. The molecule has 2 rings (SSSR count). The van der Waals surface area contributed by atoms with Crippen molar-refractivity contribution >= 4 is 0 Å². The third-order valence-electron chi connectivity index (χ3n) is 3.74. The van der Waals surface area contributed by atoms with Crippen molar-refractivity contribution in [3.8, 4) is 0 Å². The van der Waals surface area contributed by atoms with E-state index in [1.807, 2.05) is 0 Å². The van der Waals surface area contributed by atoms with Gasteiger partial charge in [0.2, 0.25) is 0 Å². The van der Waals surface area contributed by atoms with Crippen LogP contribution in [0.15, 0.2) is 0 Å². The zero-order valence-electron chi connectivity index (χ0n) is 8.78. The number of aliphatic hydroxyl groups excluding tert-OH is 1. The molecule has 1 saturated heterocycles. The normalized spacial score (nSPS) is 32.6. The Kier molecular flexibility index (Phi) is 3.10. The fourth-order valence-corrected chi connectivity index (χ4v) is 2.88. The van der Waals surface area contributed by atoms with E-state index in [2.05, 4.69) is 4.90 Å². The number of aliphatic hydroxyl groups is 2. The Bertz CT molecular complexity index is 190. The van der Waals surface area contributed by atoms with Crippen molar-refractivity contribution in [1.29, 1.82) is 0 Å². The molecule has 1 atom stereocenters. The summed E-state index contributed by atoms with van der Waals surface area (Å²) in [6.45, 7) is 2.07. The Morgan fingerprint density at radius 2 is 1.93 bits per heavy atom. The molecule has 1 aliphatic heterocycles. The predicted octanol–water partition coefficient (Wildman–Crippen LogP) is 0.748. The maximum Gasteiger partial charge on any atom is 0.0774 e. The van der Waals surface area contributed by atoms with E-state index in [0.29, 0.717) is 6.04 Å². The van der Waals surface area contributed by atoms with E-state index in [-0.39, 0.29) is 6.61 Å². The van der Waals surface area contributed by atoms with Crippen LogP contribution in [0.25, 0.3) is 0 Å². The van der Waals surface area contributed by atoms with E-state index >= 15 is 0 Å². The molecule has 14 heavy (non-hydrogen) atoms. The highest BCUT2D eigenvalue weighted by Crippen LogP contribution is 2.32. The predicted molar refractivity (Wildman–Crippen MR) is 55.1 cm³/mol. The number of likely N-dealkylation sites (tertiary alicyclic amines) is 1. The number of nitrogens with zero attached hydrogens (tertiary/aromatic N) is 1. The van der Waals surface area contributed by atoms with Crippen LogP contribution in [-0.4, -0.2) is 46.5 Å². The maximum atomic E-state index is 10.2. The number of β-amino-alcohol motifs (C(OH)–C–C–N with tert-alkyl or cyclic N) is 1. The molecule has 3 nitrogen and oxygen atoms in total. The zero-order chi connectivity index (χ0) is 10.0. The van der Waals surface area contributed by atoms with Gasteiger partial charge in [0, 0.05) is 12.6 Å². The first kappa shape index (κ1) is 10.4. The Hall–Kier alpha value is -0.120. The van der Waals surface area contributed by atoms with Crippen molar-refractivity contribution in [2.75, 3.05) is 19.7 Å². The summed E-state index contributed by atoms with van der Waals surface area (Å²) in [4.78, 5) is 2.27. The molecule has 0 spiro atoms. The second-order valence-electron chi connectivity index (χ2n) is 4.88. The van der Waals surface area contributed by atoms with E-state index in [9.17, 15) is 10.2 Å². The first-order valence-corrected chi connectivity index (χ1v) is 5.81. The summed E-state index contributed by atoms with van der Waals surface area (Å²) in [6, 6.07) is 0.305. The summed E-state index contributed by atoms with van der Waals surface area (Å²) in [6.07, 6.45) is 6.47. The molecule has 1 saturated carbocycles. The smallest absolute Gasteiger partial charge is 0.0774 e. The van der Waals surface area contributed by atoms with E-state index in [1.165, 1.54) is 6.42 Å². The van der Waals surface area contributed by atoms with Crippen LogP contribution in [0.5, 0.6) is 0 Å². The molecule has 0 aromatic heterocycles. The Balaban J connectivity index is 1.89. The Morgan fingerprint density at radius 3 is 2.57 bits per heavy atom. The van der Waals surface area contributed by atoms with Crippen LogP contribution in [0.3, 0.4) is 0 Å². The van der Waals surface area contributed by atoms with Gasteiger partial charge in [-0.3, -0.25) is 4.90 Å². The van der Waals surface area contributed by atoms with Crippen LogP contribution in [0.4, 0.5) is 0 Å². The molecule has 0 bridgehead atoms. The second kappa shape index (κ2) is 4.17. The summed E-state index contributed by atoms with van der Waals surface area (Å²) in [5.74, 6) is 0. The number of hydrogen-bond donors (Lipinski definition) is 2. The van der Waals surface area contributed by atoms with Gasteiger partial charge in [0.1, 0.15) is 0 Å². The highest BCUT2D eigenvalue weighted by atomic mass is 16.3. The quantitative estimate of drug-likeness (QED) is 0.705. The van der Waals surface area contributed by atoms with Crippen LogP contribution in [-0.2, 0) is 0 Å². The minimum Gasteiger partial charge on any atom is -0.395 e. The molecule has 0 unspecified atom stereocenters. The molecule has 0 amide bonds. The summed E-state index contributed by atoms with van der Waals surface area (Å²) < 4.78 is 0. The zero-order valence-corrected chi connectivity index (χ0v) is 8.78. The third kappa shape index (κ3) is 2.10. The average molecular weight is 199 g/mol. The molecule has 82 valence electrons. The molecule has 1 heterocycles. The van der Waals surface area contributed by atoms with Crippen LogP contribution < -0.4 is 0 Å². The van der Waals surface area contributed by atoms with Gasteiger partial charge in [-0.05, 0) is 32.2 Å². The largest absolute Gasteiger partial charge is 0.395 e. The fourth-order valence-electron chi connectivity index (χ4n) is 2.88. The molecule has 1 aliphatic carbocycles. The van der Waals surface area contributed by atoms with Crippen LogP contribution >= 0.6 is 0 Å². The summed E-state index contributed by atoms with van der Waals surface area (Å²) in [5.41, 5.74) is -0.447. The van der Waals surface area contributed by atoms with Crippen molar-refractivity contribution in [2.45, 2.75) is 50.2 Å². The van der Waals surface area contributed by atoms with Gasteiger partial charge in [0.05, 0.1) is 12.2 Å². The molecule has 2 fully saturated rings. The van der Waals surface area contributed by atoms with Crippen molar-refractivity contribution in [3.63, 3.8) is 0 Å². The lowest BCUT2D eigenvalue weighted by molar-refractivity contribution is -0.000489. The fraction of sp³-hybridized carbons (Fsp3) is 1.00. The van der Waals surface area contributed by atoms with Crippen molar-refractivity contribution in [2.24, 2.45) is 0 Å². The molecule has 0 aromatic rings. The van der Waals surface area contributed by atoms with E-state index in [1.54, 1.807) is 0 Å². The minimum atomic E-state index is -0.447. The van der Waals surface area contributed by atoms with Gasteiger partial charge >= 0.3 is 0 Å². The Labute approximate surface area is 85.7 Å². The van der Waals surface area contributed by atoms with Crippen LogP contribution in [0.1, 0.15) is 38.5 Å². The standard InChI is InChI=1S/C11H21NO2/c13-8-10-4-3-7-12(10)9-11(14)5-1-2-6-11/h10,13-14H,1-9H2/t10-/m1/s1. The molecule has 0 aromatic carbocycles. The molecular formula is C11H21NO2. The summed E-state index contributed by atoms with van der Waals surface area (Å²) in [5, 5.41) is 19.4. The number of rotatable bonds is 3. The molecule has 0 radical (unpaired) electrons. The Morgan fingerprint density at radius 1 is 1.21 bits per heavy atom. The highest BCUT2D eigenvalue weighted by molar-refractivity contribution is 4.91. The van der Waals surface area contributed by atoms with Crippen LogP contribution in [0.2, 0.25) is 0 Å². The molecule has 2 N–H and O–H groups in total. The third-order valence-corrected chi connectivity index (χ3v) is 3.74. The lowest BCUT2D eigenvalue weighted by Crippen LogP contribution is -2.44. The lowest BCUT2D eigenvalue weighted by Gasteiger charge is -2.31. The van der Waals surface area contributed by atoms with Gasteiger partial charge in [-0.1, -0.05) is 12.8 Å². The molecular weight excluding hydrogens is 178 g/mol. The van der Waals surface area contributed by atoms with E-state index < -0.39 is 5.60 Å². The van der Waals surface area contributed by atoms with Gasteiger partial charge < -0.3 is 10.2 Å². The maximum absolute atomic E-state index is 10.2.